The SMILES string of the molecule is C[CH]=[Zr+2][C]1(c2c(OCO[Si](C)(C)C)ccc3c2Cc2ccccc2-3)c2ccccc2-c2ccccc21.[Cl-].[Cl-]. The zero-order chi connectivity index (χ0) is 24.9. The van der Waals surface area contributed by atoms with Crippen LogP contribution in [0.15, 0.2) is 84.9 Å². The zero-order valence-corrected chi connectivity index (χ0v) is 27.1. The molecule has 0 N–H and O–H groups in total. The summed E-state index contributed by atoms with van der Waals surface area (Å²) in [6, 6.07) is 31.5. The Bertz CT molecular complexity index is 1460. The van der Waals surface area contributed by atoms with E-state index in [2.05, 4.69) is 115 Å². The molecule has 4 aromatic rings. The molecule has 0 aromatic heterocycles. The summed E-state index contributed by atoms with van der Waals surface area (Å²) in [6.45, 7) is 9.19. The second kappa shape index (κ2) is 11.4. The largest absolute Gasteiger partial charge is 1.00 e. The van der Waals surface area contributed by atoms with Crippen LogP contribution in [-0.4, -0.2) is 18.8 Å². The quantitative estimate of drug-likeness (QED) is 0.208. The molecule has 0 amide bonds. The van der Waals surface area contributed by atoms with E-state index in [1.54, 1.807) is 0 Å². The summed E-state index contributed by atoms with van der Waals surface area (Å²) in [5, 5.41) is 0. The predicted molar refractivity (Wildman–Crippen MR) is 148 cm³/mol. The van der Waals surface area contributed by atoms with Crippen molar-refractivity contribution in [1.82, 2.24) is 0 Å². The molecule has 2 aliphatic rings. The maximum absolute atomic E-state index is 6.58. The first-order valence-corrected chi connectivity index (χ1v) is 18.8. The number of benzene rings is 4. The summed E-state index contributed by atoms with van der Waals surface area (Å²) in [5.74, 6) is 0.981. The van der Waals surface area contributed by atoms with Gasteiger partial charge in [-0.1, -0.05) is 0 Å². The summed E-state index contributed by atoms with van der Waals surface area (Å²) in [7, 11) is -1.70. The molecular formula is C32H31Cl2O2SiZr. The van der Waals surface area contributed by atoms with Crippen LogP contribution in [0, 0.1) is 0 Å². The van der Waals surface area contributed by atoms with Crippen LogP contribution in [0.25, 0.3) is 22.3 Å². The first-order chi connectivity index (χ1) is 17.4. The third kappa shape index (κ3) is 4.73. The average Bonchev–Trinajstić information content (AvgIpc) is 3.38. The third-order valence-electron chi connectivity index (χ3n) is 7.34. The molecule has 4 aromatic carbocycles. The van der Waals surface area contributed by atoms with Gasteiger partial charge in [-0.15, -0.1) is 0 Å². The van der Waals surface area contributed by atoms with Crippen molar-refractivity contribution in [3.8, 4) is 28.0 Å². The van der Waals surface area contributed by atoms with Crippen LogP contribution in [0.2, 0.25) is 19.6 Å². The van der Waals surface area contributed by atoms with Gasteiger partial charge < -0.3 is 24.8 Å². The van der Waals surface area contributed by atoms with Gasteiger partial charge in [-0.2, -0.15) is 0 Å². The Morgan fingerprint density at radius 3 is 1.95 bits per heavy atom. The number of ether oxygens (including phenoxy) is 1. The molecule has 0 aliphatic heterocycles. The second-order valence-corrected chi connectivity index (χ2v) is 19.1. The number of rotatable bonds is 6. The minimum Gasteiger partial charge on any atom is -1.00 e. The van der Waals surface area contributed by atoms with Crippen LogP contribution in [-0.2, 0) is 36.7 Å². The summed E-state index contributed by atoms with van der Waals surface area (Å²) in [6.07, 6.45) is 0.947. The van der Waals surface area contributed by atoms with Gasteiger partial charge in [-0.3, -0.25) is 0 Å². The molecule has 193 valence electrons. The van der Waals surface area contributed by atoms with Crippen LogP contribution in [0.3, 0.4) is 0 Å². The molecule has 6 rings (SSSR count). The molecule has 0 spiro atoms. The Balaban J connectivity index is 0.00000168. The summed E-state index contributed by atoms with van der Waals surface area (Å²) >= 11 is -1.10. The predicted octanol–water partition coefficient (Wildman–Crippen LogP) is 1.63. The second-order valence-electron chi connectivity index (χ2n) is 10.6. The molecule has 0 unspecified atom stereocenters. The monoisotopic (exact) mass is 635 g/mol. The normalized spacial score (nSPS) is 13.9. The summed E-state index contributed by atoms with van der Waals surface area (Å²) < 4.78 is 15.1. The Morgan fingerprint density at radius 1 is 0.763 bits per heavy atom. The van der Waals surface area contributed by atoms with Crippen LogP contribution in [0.1, 0.15) is 34.7 Å². The standard InChI is InChI=1S/C30H27O2Si.C2H4.2ClH.Zr/c1-33(2,3)32-19-31-28-17-16-24-21-11-5-4-10-20(21)18-27(24)30(28)29-25-14-8-6-12-22(25)23-13-7-9-15-26(23)29;1-2;;;/h4-17H,18-19H2,1-3H3;1H,2H3;2*1H;/q;;;;+2/p-2. The van der Waals surface area contributed by atoms with Gasteiger partial charge in [-0.25, -0.2) is 0 Å². The van der Waals surface area contributed by atoms with Crippen molar-refractivity contribution >= 4 is 12.0 Å². The van der Waals surface area contributed by atoms with Crippen molar-refractivity contribution in [3.63, 3.8) is 0 Å². The molecule has 0 atom stereocenters. The molecule has 2 aliphatic carbocycles. The van der Waals surface area contributed by atoms with Crippen LogP contribution < -0.4 is 29.6 Å². The van der Waals surface area contributed by atoms with E-state index in [-0.39, 0.29) is 27.9 Å². The summed E-state index contributed by atoms with van der Waals surface area (Å²) in [4.78, 5) is 0. The van der Waals surface area contributed by atoms with Crippen LogP contribution in [0.5, 0.6) is 5.75 Å². The minimum atomic E-state index is -1.70. The molecule has 2 nitrogen and oxygen atoms in total. The first kappa shape index (κ1) is 29.2. The number of hydrogen-bond donors (Lipinski definition) is 0. The minimum absolute atomic E-state index is 0. The van der Waals surface area contributed by atoms with Gasteiger partial charge in [0.25, 0.3) is 0 Å². The van der Waals surface area contributed by atoms with Crippen molar-refractivity contribution in [2.24, 2.45) is 0 Å². The van der Waals surface area contributed by atoms with E-state index < -0.39 is 31.1 Å². The van der Waals surface area contributed by atoms with Crippen molar-refractivity contribution in [2.45, 2.75) is 36.1 Å². The van der Waals surface area contributed by atoms with Gasteiger partial charge in [-0.05, 0) is 0 Å². The molecule has 0 radical (unpaired) electrons. The molecule has 6 heteroatoms. The van der Waals surface area contributed by atoms with E-state index in [0.717, 1.165) is 12.2 Å². The molecule has 0 saturated carbocycles. The maximum Gasteiger partial charge on any atom is -1.00 e. The maximum atomic E-state index is 6.58. The van der Waals surface area contributed by atoms with Gasteiger partial charge in [0.2, 0.25) is 0 Å². The van der Waals surface area contributed by atoms with E-state index in [4.69, 9.17) is 9.16 Å². The van der Waals surface area contributed by atoms with Crippen LogP contribution in [0.4, 0.5) is 0 Å². The Hall–Kier alpha value is -1.81. The Kier molecular flexibility index (Phi) is 8.72. The van der Waals surface area contributed by atoms with Gasteiger partial charge in [0.05, 0.1) is 0 Å². The number of fused-ring (bicyclic) bond motifs is 6. The van der Waals surface area contributed by atoms with E-state index in [1.807, 2.05) is 0 Å². The van der Waals surface area contributed by atoms with E-state index in [9.17, 15) is 0 Å². The molecule has 0 bridgehead atoms. The topological polar surface area (TPSA) is 18.5 Å². The van der Waals surface area contributed by atoms with Crippen LogP contribution >= 0.6 is 0 Å². The van der Waals surface area contributed by atoms with Crippen molar-refractivity contribution in [1.29, 1.82) is 0 Å². The fraction of sp³-hybridized carbons (Fsp3) is 0.219. The smallest absolute Gasteiger partial charge is 1.00 e. The van der Waals surface area contributed by atoms with Gasteiger partial charge >= 0.3 is 228 Å². The zero-order valence-electron chi connectivity index (χ0n) is 22.1. The van der Waals surface area contributed by atoms with Crippen molar-refractivity contribution in [2.75, 3.05) is 6.79 Å². The van der Waals surface area contributed by atoms with Crippen molar-refractivity contribution in [3.05, 3.63) is 113 Å². The Morgan fingerprint density at radius 2 is 1.34 bits per heavy atom. The first-order valence-electron chi connectivity index (χ1n) is 12.7. The molecule has 38 heavy (non-hydrogen) atoms. The summed E-state index contributed by atoms with van der Waals surface area (Å²) in [5.41, 5.74) is 12.5. The van der Waals surface area contributed by atoms with Gasteiger partial charge in [0.15, 0.2) is 0 Å². The fourth-order valence-electron chi connectivity index (χ4n) is 5.94. The molecule has 0 heterocycles. The molecule has 0 saturated heterocycles. The Labute approximate surface area is 250 Å². The number of hydrogen-bond acceptors (Lipinski definition) is 2. The van der Waals surface area contributed by atoms with Gasteiger partial charge in [0, 0.05) is 0 Å². The number of halogens is 2. The molecule has 0 fully saturated rings. The van der Waals surface area contributed by atoms with E-state index in [0.29, 0.717) is 6.79 Å². The molecular weight excluding hydrogens is 607 g/mol. The third-order valence-corrected chi connectivity index (χ3v) is 12.0. The van der Waals surface area contributed by atoms with Crippen molar-refractivity contribution < 1.29 is 56.7 Å². The fourth-order valence-corrected chi connectivity index (χ4v) is 10.3. The average molecular weight is 638 g/mol. The van der Waals surface area contributed by atoms with E-state index >= 15 is 0 Å². The van der Waals surface area contributed by atoms with E-state index in [1.165, 1.54) is 50.1 Å². The van der Waals surface area contributed by atoms with Gasteiger partial charge in [0.1, 0.15) is 0 Å².